The van der Waals surface area contributed by atoms with Crippen molar-refractivity contribution in [2.45, 2.75) is 46.0 Å². The lowest BCUT2D eigenvalue weighted by Gasteiger charge is -2.31. The third-order valence-corrected chi connectivity index (χ3v) is 3.86. The minimum atomic E-state index is 0.478. The standard InChI is InChI=1S/C15H31N3/c1-13(2)11-15(9-7-8-10-15)12-16-14(17(3)4)18(5)6/h13H,7-12H2,1-6H3. The Labute approximate surface area is 113 Å². The van der Waals surface area contributed by atoms with Crippen LogP contribution in [-0.4, -0.2) is 50.5 Å². The van der Waals surface area contributed by atoms with Crippen LogP contribution in [0.15, 0.2) is 4.99 Å². The van der Waals surface area contributed by atoms with Crippen LogP contribution in [0.5, 0.6) is 0 Å². The first-order chi connectivity index (χ1) is 8.36. The molecule has 1 saturated carbocycles. The van der Waals surface area contributed by atoms with Gasteiger partial charge >= 0.3 is 0 Å². The van der Waals surface area contributed by atoms with Crippen molar-refractivity contribution >= 4 is 5.96 Å². The van der Waals surface area contributed by atoms with Gasteiger partial charge in [0.05, 0.1) is 0 Å². The Morgan fingerprint density at radius 3 is 1.94 bits per heavy atom. The van der Waals surface area contributed by atoms with Gasteiger partial charge in [0, 0.05) is 34.7 Å². The summed E-state index contributed by atoms with van der Waals surface area (Å²) < 4.78 is 0. The van der Waals surface area contributed by atoms with E-state index in [1.54, 1.807) is 0 Å². The van der Waals surface area contributed by atoms with Crippen LogP contribution in [0, 0.1) is 11.3 Å². The number of hydrogen-bond acceptors (Lipinski definition) is 1. The summed E-state index contributed by atoms with van der Waals surface area (Å²) in [5, 5.41) is 0. The molecule has 18 heavy (non-hydrogen) atoms. The molecule has 0 aromatic carbocycles. The number of guanidine groups is 1. The van der Waals surface area contributed by atoms with Crippen molar-refractivity contribution in [1.82, 2.24) is 9.80 Å². The molecule has 1 aliphatic rings. The number of aliphatic imine (C=N–C) groups is 1. The van der Waals surface area contributed by atoms with Gasteiger partial charge in [-0.2, -0.15) is 0 Å². The highest BCUT2D eigenvalue weighted by molar-refractivity contribution is 5.79. The minimum absolute atomic E-state index is 0.478. The SMILES string of the molecule is CC(C)CC1(CN=C(N(C)C)N(C)C)CCCC1. The summed E-state index contributed by atoms with van der Waals surface area (Å²) in [7, 11) is 8.29. The van der Waals surface area contributed by atoms with Crippen molar-refractivity contribution in [1.29, 1.82) is 0 Å². The fourth-order valence-electron chi connectivity index (χ4n) is 3.34. The Morgan fingerprint density at radius 2 is 1.56 bits per heavy atom. The summed E-state index contributed by atoms with van der Waals surface area (Å²) in [5.41, 5.74) is 0.478. The largest absolute Gasteiger partial charge is 0.349 e. The van der Waals surface area contributed by atoms with Crippen molar-refractivity contribution in [3.05, 3.63) is 0 Å². The zero-order chi connectivity index (χ0) is 13.8. The van der Waals surface area contributed by atoms with Crippen LogP contribution in [0.25, 0.3) is 0 Å². The van der Waals surface area contributed by atoms with Crippen LogP contribution in [0.3, 0.4) is 0 Å². The van der Waals surface area contributed by atoms with E-state index in [4.69, 9.17) is 4.99 Å². The lowest BCUT2D eigenvalue weighted by Crippen LogP contribution is -2.36. The van der Waals surface area contributed by atoms with Crippen LogP contribution < -0.4 is 0 Å². The van der Waals surface area contributed by atoms with E-state index in [0.717, 1.165) is 18.4 Å². The number of hydrogen-bond donors (Lipinski definition) is 0. The molecule has 0 bridgehead atoms. The maximum atomic E-state index is 4.90. The first kappa shape index (κ1) is 15.3. The molecule has 0 aliphatic heterocycles. The second-order valence-electron chi connectivity index (χ2n) is 6.71. The van der Waals surface area contributed by atoms with E-state index >= 15 is 0 Å². The molecule has 3 nitrogen and oxygen atoms in total. The summed E-state index contributed by atoms with van der Waals surface area (Å²) in [6.07, 6.45) is 6.83. The molecule has 1 aliphatic carbocycles. The van der Waals surface area contributed by atoms with Crippen LogP contribution in [0.4, 0.5) is 0 Å². The fraction of sp³-hybridized carbons (Fsp3) is 0.933. The summed E-state index contributed by atoms with van der Waals surface area (Å²) >= 11 is 0. The van der Waals surface area contributed by atoms with Crippen molar-refractivity contribution < 1.29 is 0 Å². The molecule has 0 unspecified atom stereocenters. The molecule has 0 N–H and O–H groups in total. The third-order valence-electron chi connectivity index (χ3n) is 3.86. The van der Waals surface area contributed by atoms with Gasteiger partial charge in [-0.3, -0.25) is 4.99 Å². The fourth-order valence-corrected chi connectivity index (χ4v) is 3.34. The van der Waals surface area contributed by atoms with E-state index < -0.39 is 0 Å². The molecule has 3 heteroatoms. The van der Waals surface area contributed by atoms with E-state index in [2.05, 4.69) is 51.8 Å². The van der Waals surface area contributed by atoms with Gasteiger partial charge in [0.25, 0.3) is 0 Å². The van der Waals surface area contributed by atoms with Crippen molar-refractivity contribution in [2.24, 2.45) is 16.3 Å². The van der Waals surface area contributed by atoms with Gasteiger partial charge in [-0.05, 0) is 30.6 Å². The third kappa shape index (κ3) is 4.18. The van der Waals surface area contributed by atoms with E-state index in [0.29, 0.717) is 5.41 Å². The highest BCUT2D eigenvalue weighted by atomic mass is 15.3. The van der Waals surface area contributed by atoms with Gasteiger partial charge in [0.2, 0.25) is 0 Å². The van der Waals surface area contributed by atoms with Gasteiger partial charge in [0.15, 0.2) is 5.96 Å². The Kier molecular flexibility index (Phi) is 5.48. The molecule has 0 spiro atoms. The van der Waals surface area contributed by atoms with Crippen LogP contribution in [0.1, 0.15) is 46.0 Å². The first-order valence-corrected chi connectivity index (χ1v) is 7.25. The van der Waals surface area contributed by atoms with E-state index in [1.807, 2.05) is 0 Å². The van der Waals surface area contributed by atoms with E-state index in [9.17, 15) is 0 Å². The summed E-state index contributed by atoms with van der Waals surface area (Å²) in [6, 6.07) is 0. The lowest BCUT2D eigenvalue weighted by atomic mass is 9.78. The molecular formula is C15H31N3. The van der Waals surface area contributed by atoms with Crippen molar-refractivity contribution in [3.63, 3.8) is 0 Å². The molecule has 0 heterocycles. The van der Waals surface area contributed by atoms with Gasteiger partial charge in [-0.1, -0.05) is 26.7 Å². The average Bonchev–Trinajstić information content (AvgIpc) is 2.64. The second-order valence-corrected chi connectivity index (χ2v) is 6.71. The minimum Gasteiger partial charge on any atom is -0.349 e. The average molecular weight is 253 g/mol. The van der Waals surface area contributed by atoms with Crippen molar-refractivity contribution in [2.75, 3.05) is 34.7 Å². The number of rotatable bonds is 4. The van der Waals surface area contributed by atoms with E-state index in [1.165, 1.54) is 32.1 Å². The molecule has 1 fully saturated rings. The summed E-state index contributed by atoms with van der Waals surface area (Å²) in [6.45, 7) is 5.67. The van der Waals surface area contributed by atoms with E-state index in [-0.39, 0.29) is 0 Å². The molecule has 0 amide bonds. The van der Waals surface area contributed by atoms with Crippen LogP contribution >= 0.6 is 0 Å². The predicted molar refractivity (Wildman–Crippen MR) is 80.0 cm³/mol. The summed E-state index contributed by atoms with van der Waals surface area (Å²) in [4.78, 5) is 9.12. The molecule has 0 radical (unpaired) electrons. The summed E-state index contributed by atoms with van der Waals surface area (Å²) in [5.74, 6) is 1.87. The highest BCUT2D eigenvalue weighted by Gasteiger charge is 2.34. The molecule has 1 rings (SSSR count). The topological polar surface area (TPSA) is 18.8 Å². The Balaban J connectivity index is 2.74. The quantitative estimate of drug-likeness (QED) is 0.566. The maximum Gasteiger partial charge on any atom is 0.195 e. The molecule has 0 atom stereocenters. The van der Waals surface area contributed by atoms with Crippen LogP contribution in [-0.2, 0) is 0 Å². The second kappa shape index (κ2) is 6.44. The molecule has 0 aromatic heterocycles. The zero-order valence-electron chi connectivity index (χ0n) is 13.2. The molecule has 0 aromatic rings. The van der Waals surface area contributed by atoms with Gasteiger partial charge in [-0.15, -0.1) is 0 Å². The first-order valence-electron chi connectivity index (χ1n) is 7.25. The van der Waals surface area contributed by atoms with Crippen LogP contribution in [0.2, 0.25) is 0 Å². The highest BCUT2D eigenvalue weighted by Crippen LogP contribution is 2.43. The Hall–Kier alpha value is -0.730. The van der Waals surface area contributed by atoms with Gasteiger partial charge in [0.1, 0.15) is 0 Å². The monoisotopic (exact) mass is 253 g/mol. The smallest absolute Gasteiger partial charge is 0.195 e. The Morgan fingerprint density at radius 1 is 1.06 bits per heavy atom. The molecular weight excluding hydrogens is 222 g/mol. The zero-order valence-corrected chi connectivity index (χ0v) is 13.2. The maximum absolute atomic E-state index is 4.90. The number of nitrogens with zero attached hydrogens (tertiary/aromatic N) is 3. The Bertz CT molecular complexity index is 263. The predicted octanol–water partition coefficient (Wildman–Crippen LogP) is 3.07. The van der Waals surface area contributed by atoms with Gasteiger partial charge in [-0.25, -0.2) is 0 Å². The molecule has 106 valence electrons. The van der Waals surface area contributed by atoms with Crippen molar-refractivity contribution in [3.8, 4) is 0 Å². The normalized spacial score (nSPS) is 17.9. The molecule has 0 saturated heterocycles. The lowest BCUT2D eigenvalue weighted by molar-refractivity contribution is 0.243. The van der Waals surface area contributed by atoms with Gasteiger partial charge < -0.3 is 9.80 Å².